The van der Waals surface area contributed by atoms with Crippen molar-refractivity contribution in [1.82, 2.24) is 25.3 Å². The second kappa shape index (κ2) is 7.75. The van der Waals surface area contributed by atoms with Crippen molar-refractivity contribution in [3.8, 4) is 11.5 Å². The van der Waals surface area contributed by atoms with Crippen LogP contribution in [-0.2, 0) is 13.0 Å². The number of nitrogens with one attached hydrogen (secondary N) is 1. The third kappa shape index (κ3) is 4.08. The first-order valence-electron chi connectivity index (χ1n) is 8.65. The molecule has 0 aliphatic carbocycles. The van der Waals surface area contributed by atoms with Gasteiger partial charge in [-0.15, -0.1) is 16.4 Å². The van der Waals surface area contributed by atoms with Crippen LogP contribution in [-0.4, -0.2) is 45.1 Å². The number of para-hydroxylation sites is 2. The van der Waals surface area contributed by atoms with Crippen molar-refractivity contribution in [2.24, 2.45) is 0 Å². The number of hydrogen-bond acceptors (Lipinski definition) is 7. The maximum Gasteiger partial charge on any atom is 0.273 e. The smallest absolute Gasteiger partial charge is 0.273 e. The third-order valence-electron chi connectivity index (χ3n) is 4.21. The van der Waals surface area contributed by atoms with Crippen molar-refractivity contribution in [3.63, 3.8) is 0 Å². The van der Waals surface area contributed by atoms with E-state index in [0.717, 1.165) is 17.9 Å². The summed E-state index contributed by atoms with van der Waals surface area (Å²) in [5.74, 6) is 1.21. The molecular formula is C18H19N5O3S. The highest BCUT2D eigenvalue weighted by molar-refractivity contribution is 7.09. The molecule has 1 aromatic carbocycles. The standard InChI is InChI=1S/C18H19N5O3S/c1-12-17(27-11-20-12)6-7-19-18(24)14-9-23(22-21-14)8-13-10-25-15-4-2-3-5-16(15)26-13/h2-5,9,11,13H,6-8,10H2,1H3,(H,19,24)/t13-/m1/s1. The molecule has 0 bridgehead atoms. The number of aromatic nitrogens is 4. The van der Waals surface area contributed by atoms with Crippen molar-refractivity contribution in [3.05, 3.63) is 52.2 Å². The van der Waals surface area contributed by atoms with Crippen LogP contribution in [0.5, 0.6) is 11.5 Å². The monoisotopic (exact) mass is 385 g/mol. The van der Waals surface area contributed by atoms with Gasteiger partial charge in [0.05, 0.1) is 23.9 Å². The Morgan fingerprint density at radius 1 is 1.37 bits per heavy atom. The molecule has 27 heavy (non-hydrogen) atoms. The van der Waals surface area contributed by atoms with Gasteiger partial charge in [-0.2, -0.15) is 0 Å². The van der Waals surface area contributed by atoms with Gasteiger partial charge in [0.25, 0.3) is 5.91 Å². The molecule has 140 valence electrons. The molecule has 2 aromatic heterocycles. The zero-order valence-corrected chi connectivity index (χ0v) is 15.6. The van der Waals surface area contributed by atoms with E-state index < -0.39 is 0 Å². The Balaban J connectivity index is 1.29. The summed E-state index contributed by atoms with van der Waals surface area (Å²) < 4.78 is 13.2. The zero-order chi connectivity index (χ0) is 18.6. The van der Waals surface area contributed by atoms with Gasteiger partial charge in [0.15, 0.2) is 23.3 Å². The first kappa shape index (κ1) is 17.5. The minimum Gasteiger partial charge on any atom is -0.486 e. The van der Waals surface area contributed by atoms with Gasteiger partial charge >= 0.3 is 0 Å². The number of ether oxygens (including phenoxy) is 2. The number of hydrogen-bond donors (Lipinski definition) is 1. The van der Waals surface area contributed by atoms with Crippen LogP contribution in [0.25, 0.3) is 0 Å². The molecule has 0 radical (unpaired) electrons. The number of benzene rings is 1. The lowest BCUT2D eigenvalue weighted by atomic mass is 10.2. The average Bonchev–Trinajstić information content (AvgIpc) is 3.31. The van der Waals surface area contributed by atoms with Crippen molar-refractivity contribution in [2.75, 3.05) is 13.2 Å². The largest absolute Gasteiger partial charge is 0.486 e. The molecule has 1 amide bonds. The number of carbonyl (C=O) groups is 1. The van der Waals surface area contributed by atoms with E-state index in [0.29, 0.717) is 25.4 Å². The maximum atomic E-state index is 12.2. The Bertz CT molecular complexity index is 938. The molecule has 1 atom stereocenters. The number of aryl methyl sites for hydroxylation is 1. The Kier molecular flexibility index (Phi) is 5.01. The minimum absolute atomic E-state index is 0.188. The number of thiazole rings is 1. The number of rotatable bonds is 6. The van der Waals surface area contributed by atoms with Crippen molar-refractivity contribution >= 4 is 17.2 Å². The molecule has 1 N–H and O–H groups in total. The molecule has 9 heteroatoms. The SMILES string of the molecule is Cc1ncsc1CCNC(=O)c1cn(C[C@@H]2COc3ccccc3O2)nn1. The van der Waals surface area contributed by atoms with Crippen LogP contribution in [0.4, 0.5) is 0 Å². The van der Waals surface area contributed by atoms with Crippen LogP contribution >= 0.6 is 11.3 Å². The molecule has 8 nitrogen and oxygen atoms in total. The molecular weight excluding hydrogens is 366 g/mol. The second-order valence-corrected chi connectivity index (χ2v) is 7.13. The molecule has 0 fully saturated rings. The summed E-state index contributed by atoms with van der Waals surface area (Å²) in [7, 11) is 0. The van der Waals surface area contributed by atoms with Crippen LogP contribution in [0.1, 0.15) is 21.1 Å². The Hall–Kier alpha value is -2.94. The first-order valence-corrected chi connectivity index (χ1v) is 9.53. The predicted octanol–water partition coefficient (Wildman–Crippen LogP) is 1.86. The normalized spacial score (nSPS) is 15.5. The number of nitrogens with zero attached hydrogens (tertiary/aromatic N) is 4. The Labute approximate surface area is 160 Å². The fourth-order valence-corrected chi connectivity index (χ4v) is 3.58. The van der Waals surface area contributed by atoms with Gasteiger partial charge in [0.2, 0.25) is 0 Å². The molecule has 0 saturated heterocycles. The van der Waals surface area contributed by atoms with Gasteiger partial charge in [-0.25, -0.2) is 9.67 Å². The summed E-state index contributed by atoms with van der Waals surface area (Å²) >= 11 is 1.60. The van der Waals surface area contributed by atoms with Crippen LogP contribution < -0.4 is 14.8 Å². The minimum atomic E-state index is -0.241. The van der Waals surface area contributed by atoms with Gasteiger partial charge in [-0.05, 0) is 19.1 Å². The summed E-state index contributed by atoms with van der Waals surface area (Å²) in [5.41, 5.74) is 3.11. The summed E-state index contributed by atoms with van der Waals surface area (Å²) in [6.45, 7) is 3.38. The fourth-order valence-electron chi connectivity index (χ4n) is 2.80. The van der Waals surface area contributed by atoms with E-state index in [-0.39, 0.29) is 17.7 Å². The molecule has 1 aliphatic rings. The molecule has 0 saturated carbocycles. The summed E-state index contributed by atoms with van der Waals surface area (Å²) in [6.07, 6.45) is 2.19. The van der Waals surface area contributed by atoms with Gasteiger partial charge in [-0.1, -0.05) is 17.3 Å². The number of carbonyl (C=O) groups excluding carboxylic acids is 1. The van der Waals surface area contributed by atoms with E-state index in [4.69, 9.17) is 9.47 Å². The molecule has 0 unspecified atom stereocenters. The van der Waals surface area contributed by atoms with E-state index in [2.05, 4.69) is 20.6 Å². The highest BCUT2D eigenvalue weighted by Gasteiger charge is 2.22. The van der Waals surface area contributed by atoms with Crippen LogP contribution in [0, 0.1) is 6.92 Å². The molecule has 4 rings (SSSR count). The van der Waals surface area contributed by atoms with Gasteiger partial charge < -0.3 is 14.8 Å². The van der Waals surface area contributed by atoms with Gasteiger partial charge in [-0.3, -0.25) is 4.79 Å². The quantitative estimate of drug-likeness (QED) is 0.696. The topological polar surface area (TPSA) is 91.2 Å². The molecule has 3 aromatic rings. The first-order chi connectivity index (χ1) is 13.2. The van der Waals surface area contributed by atoms with Crippen molar-refractivity contribution in [2.45, 2.75) is 26.0 Å². The van der Waals surface area contributed by atoms with Crippen molar-refractivity contribution < 1.29 is 14.3 Å². The lowest BCUT2D eigenvalue weighted by Gasteiger charge is -2.26. The van der Waals surface area contributed by atoms with E-state index in [1.54, 1.807) is 22.2 Å². The van der Waals surface area contributed by atoms with Crippen LogP contribution in [0.3, 0.4) is 0 Å². The van der Waals surface area contributed by atoms with Crippen LogP contribution in [0.15, 0.2) is 36.0 Å². The summed E-state index contributed by atoms with van der Waals surface area (Å²) in [6, 6.07) is 7.54. The Morgan fingerprint density at radius 3 is 3.04 bits per heavy atom. The van der Waals surface area contributed by atoms with E-state index in [1.807, 2.05) is 36.7 Å². The lowest BCUT2D eigenvalue weighted by molar-refractivity contribution is 0.0754. The summed E-state index contributed by atoms with van der Waals surface area (Å²) in [5, 5.41) is 10.8. The molecule has 0 spiro atoms. The highest BCUT2D eigenvalue weighted by Crippen LogP contribution is 2.31. The van der Waals surface area contributed by atoms with E-state index in [9.17, 15) is 4.79 Å². The van der Waals surface area contributed by atoms with Crippen molar-refractivity contribution in [1.29, 1.82) is 0 Å². The average molecular weight is 385 g/mol. The second-order valence-electron chi connectivity index (χ2n) is 6.19. The third-order valence-corrected chi connectivity index (χ3v) is 5.21. The van der Waals surface area contributed by atoms with Crippen LogP contribution in [0.2, 0.25) is 0 Å². The fraction of sp³-hybridized carbons (Fsp3) is 0.333. The van der Waals surface area contributed by atoms with Gasteiger partial charge in [0, 0.05) is 17.8 Å². The Morgan fingerprint density at radius 2 is 2.22 bits per heavy atom. The predicted molar refractivity (Wildman–Crippen MR) is 99.3 cm³/mol. The molecule has 3 heterocycles. The summed E-state index contributed by atoms with van der Waals surface area (Å²) in [4.78, 5) is 17.6. The molecule has 1 aliphatic heterocycles. The van der Waals surface area contributed by atoms with Gasteiger partial charge in [0.1, 0.15) is 6.61 Å². The number of amides is 1. The zero-order valence-electron chi connectivity index (χ0n) is 14.8. The highest BCUT2D eigenvalue weighted by atomic mass is 32.1. The lowest BCUT2D eigenvalue weighted by Crippen LogP contribution is -2.33. The maximum absolute atomic E-state index is 12.2. The number of fused-ring (bicyclic) bond motifs is 1. The van der Waals surface area contributed by atoms with E-state index in [1.165, 1.54) is 4.88 Å². The van der Waals surface area contributed by atoms with E-state index >= 15 is 0 Å².